The lowest BCUT2D eigenvalue weighted by Crippen LogP contribution is -2.38. The molecule has 5 heteroatoms. The maximum absolute atomic E-state index is 11.8. The largest absolute Gasteiger partial charge is 0.487 e. The molecule has 1 aromatic carbocycles. The van der Waals surface area contributed by atoms with E-state index in [1.165, 1.54) is 23.2 Å². The second-order valence-corrected chi connectivity index (χ2v) is 5.39. The van der Waals surface area contributed by atoms with Crippen LogP contribution in [0.25, 0.3) is 0 Å². The Bertz CT molecular complexity index is 740. The molecule has 0 fully saturated rings. The molecule has 2 rings (SSSR count). The molecular weight excluding hydrogens is 268 g/mol. The van der Waals surface area contributed by atoms with Crippen molar-refractivity contribution in [2.45, 2.75) is 26.4 Å². The summed E-state index contributed by atoms with van der Waals surface area (Å²) in [6, 6.07) is 9.25. The van der Waals surface area contributed by atoms with Gasteiger partial charge in [-0.3, -0.25) is 13.9 Å². The molecule has 2 aromatic rings. The second-order valence-electron chi connectivity index (χ2n) is 5.39. The highest BCUT2D eigenvalue weighted by Gasteiger charge is 2.07. The van der Waals surface area contributed by atoms with Gasteiger partial charge < -0.3 is 4.74 Å². The van der Waals surface area contributed by atoms with Crippen LogP contribution in [0, 0.1) is 0 Å². The van der Waals surface area contributed by atoms with Crippen molar-refractivity contribution in [1.29, 1.82) is 0 Å². The van der Waals surface area contributed by atoms with Crippen LogP contribution >= 0.6 is 0 Å². The molecule has 0 radical (unpaired) electrons. The Hall–Kier alpha value is -2.30. The smallest absolute Gasteiger partial charge is 0.330 e. The summed E-state index contributed by atoms with van der Waals surface area (Å²) in [5, 5.41) is 0. The quantitative estimate of drug-likeness (QED) is 0.862. The van der Waals surface area contributed by atoms with Gasteiger partial charge in [-0.2, -0.15) is 0 Å². The van der Waals surface area contributed by atoms with Gasteiger partial charge >= 0.3 is 5.69 Å². The van der Waals surface area contributed by atoms with Crippen LogP contribution in [-0.2, 0) is 20.7 Å². The predicted molar refractivity (Wildman–Crippen MR) is 81.8 cm³/mol. The monoisotopic (exact) mass is 288 g/mol. The van der Waals surface area contributed by atoms with Crippen molar-refractivity contribution in [2.24, 2.45) is 14.1 Å². The fraction of sp³-hybridized carbons (Fsp3) is 0.375. The Labute approximate surface area is 123 Å². The van der Waals surface area contributed by atoms with Gasteiger partial charge in [0.05, 0.1) is 5.69 Å². The van der Waals surface area contributed by atoms with Crippen LogP contribution < -0.4 is 16.0 Å². The van der Waals surface area contributed by atoms with E-state index < -0.39 is 0 Å². The molecule has 0 aliphatic carbocycles. The van der Waals surface area contributed by atoms with Crippen molar-refractivity contribution >= 4 is 0 Å². The molecule has 1 heterocycles. The van der Waals surface area contributed by atoms with E-state index in [0.29, 0.717) is 17.4 Å². The first-order valence-electron chi connectivity index (χ1n) is 6.89. The summed E-state index contributed by atoms with van der Waals surface area (Å²) in [5.74, 6) is 1.18. The molecule has 0 atom stereocenters. The molecule has 0 bridgehead atoms. The molecule has 21 heavy (non-hydrogen) atoms. The van der Waals surface area contributed by atoms with Gasteiger partial charge in [0.25, 0.3) is 5.56 Å². The minimum atomic E-state index is -0.351. The van der Waals surface area contributed by atoms with Gasteiger partial charge in [-0.15, -0.1) is 0 Å². The molecule has 0 saturated heterocycles. The number of hydrogen-bond acceptors (Lipinski definition) is 3. The zero-order valence-electron chi connectivity index (χ0n) is 12.8. The topological polar surface area (TPSA) is 53.2 Å². The molecule has 0 saturated carbocycles. The van der Waals surface area contributed by atoms with Crippen LogP contribution in [-0.4, -0.2) is 9.13 Å². The van der Waals surface area contributed by atoms with E-state index in [0.717, 1.165) is 4.57 Å². The van der Waals surface area contributed by atoms with E-state index in [1.54, 1.807) is 7.05 Å². The highest BCUT2D eigenvalue weighted by molar-refractivity contribution is 5.29. The summed E-state index contributed by atoms with van der Waals surface area (Å²) in [4.78, 5) is 23.4. The van der Waals surface area contributed by atoms with Gasteiger partial charge in [-0.1, -0.05) is 26.0 Å². The molecule has 0 amide bonds. The summed E-state index contributed by atoms with van der Waals surface area (Å²) < 4.78 is 8.14. The van der Waals surface area contributed by atoms with E-state index in [2.05, 4.69) is 13.8 Å². The van der Waals surface area contributed by atoms with Crippen molar-refractivity contribution in [3.05, 3.63) is 62.4 Å². The third-order valence-corrected chi connectivity index (χ3v) is 3.56. The van der Waals surface area contributed by atoms with Gasteiger partial charge in [-0.25, -0.2) is 4.79 Å². The normalized spacial score (nSPS) is 10.9. The second kappa shape index (κ2) is 5.99. The third kappa shape index (κ3) is 3.24. The Morgan fingerprint density at radius 3 is 2.24 bits per heavy atom. The maximum atomic E-state index is 11.8. The summed E-state index contributed by atoms with van der Waals surface area (Å²) >= 11 is 0. The van der Waals surface area contributed by atoms with Crippen molar-refractivity contribution in [3.8, 4) is 5.75 Å². The van der Waals surface area contributed by atoms with E-state index in [4.69, 9.17) is 4.74 Å². The average molecular weight is 288 g/mol. The number of aromatic nitrogens is 2. The van der Waals surface area contributed by atoms with Gasteiger partial charge in [0.1, 0.15) is 12.4 Å². The maximum Gasteiger partial charge on any atom is 0.330 e. The lowest BCUT2D eigenvalue weighted by molar-refractivity contribution is 0.293. The lowest BCUT2D eigenvalue weighted by Gasteiger charge is -2.12. The highest BCUT2D eigenvalue weighted by atomic mass is 16.5. The molecule has 0 unspecified atom stereocenters. The number of nitrogens with zero attached hydrogens (tertiary/aromatic N) is 2. The Morgan fingerprint density at radius 1 is 1.05 bits per heavy atom. The first-order valence-corrected chi connectivity index (χ1v) is 6.89. The van der Waals surface area contributed by atoms with Crippen LogP contribution in [0.4, 0.5) is 0 Å². The van der Waals surface area contributed by atoms with Crippen LogP contribution in [0.1, 0.15) is 31.0 Å². The standard InChI is InChI=1S/C16H20N2O3/c1-11(2)12-5-7-14(8-6-12)21-10-13-9-15(19)18(4)16(20)17(13)3/h5-9,11H,10H2,1-4H3. The van der Waals surface area contributed by atoms with E-state index in [9.17, 15) is 9.59 Å². The first-order chi connectivity index (χ1) is 9.90. The number of benzene rings is 1. The van der Waals surface area contributed by atoms with E-state index in [-0.39, 0.29) is 17.9 Å². The molecule has 1 aromatic heterocycles. The fourth-order valence-corrected chi connectivity index (χ4v) is 2.02. The number of hydrogen-bond donors (Lipinski definition) is 0. The summed E-state index contributed by atoms with van der Waals surface area (Å²) in [7, 11) is 3.09. The number of ether oxygens (including phenoxy) is 1. The third-order valence-electron chi connectivity index (χ3n) is 3.56. The van der Waals surface area contributed by atoms with E-state index in [1.807, 2.05) is 24.3 Å². The Kier molecular flexibility index (Phi) is 4.31. The molecule has 0 spiro atoms. The summed E-state index contributed by atoms with van der Waals surface area (Å²) in [6.07, 6.45) is 0. The average Bonchev–Trinajstić information content (AvgIpc) is 2.48. The van der Waals surface area contributed by atoms with Gasteiger partial charge in [0, 0.05) is 20.2 Å². The lowest BCUT2D eigenvalue weighted by atomic mass is 10.0. The minimum Gasteiger partial charge on any atom is -0.487 e. The number of rotatable bonds is 4. The Morgan fingerprint density at radius 2 is 1.67 bits per heavy atom. The summed E-state index contributed by atoms with van der Waals surface area (Å²) in [6.45, 7) is 4.44. The molecule has 0 aliphatic heterocycles. The molecule has 112 valence electrons. The van der Waals surface area contributed by atoms with Crippen molar-refractivity contribution < 1.29 is 4.74 Å². The van der Waals surface area contributed by atoms with Gasteiger partial charge in [0.2, 0.25) is 0 Å². The van der Waals surface area contributed by atoms with Crippen LogP contribution in [0.2, 0.25) is 0 Å². The molecule has 0 N–H and O–H groups in total. The highest BCUT2D eigenvalue weighted by Crippen LogP contribution is 2.19. The van der Waals surface area contributed by atoms with Crippen LogP contribution in [0.3, 0.4) is 0 Å². The summed E-state index contributed by atoms with van der Waals surface area (Å²) in [5.41, 5.74) is 1.11. The van der Waals surface area contributed by atoms with Crippen molar-refractivity contribution in [2.75, 3.05) is 0 Å². The molecule has 5 nitrogen and oxygen atoms in total. The van der Waals surface area contributed by atoms with Gasteiger partial charge in [-0.05, 0) is 23.6 Å². The van der Waals surface area contributed by atoms with Crippen molar-refractivity contribution in [3.63, 3.8) is 0 Å². The fourth-order valence-electron chi connectivity index (χ4n) is 2.02. The minimum absolute atomic E-state index is 0.183. The van der Waals surface area contributed by atoms with Gasteiger partial charge in [0.15, 0.2) is 0 Å². The van der Waals surface area contributed by atoms with E-state index >= 15 is 0 Å². The first kappa shape index (κ1) is 15.1. The zero-order valence-corrected chi connectivity index (χ0v) is 12.8. The van der Waals surface area contributed by atoms with Crippen LogP contribution in [0.5, 0.6) is 5.75 Å². The molecule has 0 aliphatic rings. The Balaban J connectivity index is 2.17. The zero-order chi connectivity index (χ0) is 15.6. The SMILES string of the molecule is CC(C)c1ccc(OCc2cc(=O)n(C)c(=O)n2C)cc1. The molecular formula is C16H20N2O3. The van der Waals surface area contributed by atoms with Crippen molar-refractivity contribution in [1.82, 2.24) is 9.13 Å². The predicted octanol–water partition coefficient (Wildman–Crippen LogP) is 1.79. The van der Waals surface area contributed by atoms with Crippen LogP contribution in [0.15, 0.2) is 39.9 Å².